The van der Waals surface area contributed by atoms with Crippen molar-refractivity contribution in [3.05, 3.63) is 22.3 Å². The number of carbonyl (C=O) groups is 1. The van der Waals surface area contributed by atoms with Gasteiger partial charge < -0.3 is 10.3 Å². The summed E-state index contributed by atoms with van der Waals surface area (Å²) < 4.78 is 0.768. The Morgan fingerprint density at radius 3 is 2.83 bits per heavy atom. The highest BCUT2D eigenvalue weighted by atomic mass is 79.9. The zero-order chi connectivity index (χ0) is 13.1. The second kappa shape index (κ2) is 5.67. The van der Waals surface area contributed by atoms with E-state index in [4.69, 9.17) is 5.84 Å². The van der Waals surface area contributed by atoms with Gasteiger partial charge in [0.25, 0.3) is 5.91 Å². The van der Waals surface area contributed by atoms with Gasteiger partial charge in [0.15, 0.2) is 5.82 Å². The van der Waals surface area contributed by atoms with Gasteiger partial charge in [-0.15, -0.1) is 0 Å². The zero-order valence-electron chi connectivity index (χ0n) is 10.3. The Hall–Kier alpha value is -1.14. The largest absolute Gasteiger partial charge is 0.339 e. The lowest BCUT2D eigenvalue weighted by atomic mass is 10.1. The normalized spacial score (nSPS) is 15.7. The number of carbonyl (C=O) groups excluding carboxylic acids is 1. The number of nitrogen functional groups attached to an aromatic ring is 1. The van der Waals surface area contributed by atoms with Gasteiger partial charge in [0.1, 0.15) is 0 Å². The van der Waals surface area contributed by atoms with Crippen LogP contribution >= 0.6 is 15.9 Å². The molecule has 18 heavy (non-hydrogen) atoms. The van der Waals surface area contributed by atoms with E-state index in [1.165, 1.54) is 12.8 Å². The van der Waals surface area contributed by atoms with Gasteiger partial charge in [0.2, 0.25) is 0 Å². The average Bonchev–Trinajstić information content (AvgIpc) is 2.90. The van der Waals surface area contributed by atoms with Crippen molar-refractivity contribution in [1.29, 1.82) is 0 Å². The Balaban J connectivity index is 2.24. The number of rotatable bonds is 3. The Kier molecular flexibility index (Phi) is 4.19. The molecule has 1 fully saturated rings. The van der Waals surface area contributed by atoms with E-state index in [-0.39, 0.29) is 5.91 Å². The summed E-state index contributed by atoms with van der Waals surface area (Å²) in [6, 6.07) is 2.08. The highest BCUT2D eigenvalue weighted by Gasteiger charge is 2.26. The molecule has 0 bridgehead atoms. The van der Waals surface area contributed by atoms with Crippen molar-refractivity contribution >= 4 is 27.7 Å². The molecule has 1 amide bonds. The number of anilines is 1. The minimum atomic E-state index is -0.0383. The smallest absolute Gasteiger partial charge is 0.257 e. The molecule has 1 aliphatic rings. The van der Waals surface area contributed by atoms with Gasteiger partial charge in [-0.1, -0.05) is 12.8 Å². The lowest BCUT2D eigenvalue weighted by molar-refractivity contribution is 0.0735. The summed E-state index contributed by atoms with van der Waals surface area (Å²) in [4.78, 5) is 18.3. The molecule has 1 aromatic rings. The molecule has 6 heteroatoms. The van der Waals surface area contributed by atoms with E-state index >= 15 is 0 Å². The molecule has 0 spiro atoms. The van der Waals surface area contributed by atoms with E-state index in [2.05, 4.69) is 26.3 Å². The van der Waals surface area contributed by atoms with Crippen molar-refractivity contribution in [3.8, 4) is 0 Å². The average molecular weight is 313 g/mol. The summed E-state index contributed by atoms with van der Waals surface area (Å²) in [6.07, 6.45) is 6.16. The highest BCUT2D eigenvalue weighted by Crippen LogP contribution is 2.25. The Morgan fingerprint density at radius 1 is 1.56 bits per heavy atom. The van der Waals surface area contributed by atoms with Crippen LogP contribution in [-0.2, 0) is 0 Å². The van der Waals surface area contributed by atoms with Gasteiger partial charge in [0, 0.05) is 23.8 Å². The molecule has 1 aromatic heterocycles. The van der Waals surface area contributed by atoms with E-state index in [0.717, 1.165) is 17.3 Å². The fourth-order valence-electron chi connectivity index (χ4n) is 2.36. The van der Waals surface area contributed by atoms with Crippen LogP contribution in [0.25, 0.3) is 0 Å². The Morgan fingerprint density at radius 2 is 2.22 bits per heavy atom. The first kappa shape index (κ1) is 13.3. The maximum absolute atomic E-state index is 12.4. The standard InChI is InChI=1S/C12H17BrN4O/c1-17(9-4-2-3-5-9)12(18)10-6-8(13)7-15-11(10)16-14/h6-7,9H,2-5,14H2,1H3,(H,15,16). The van der Waals surface area contributed by atoms with E-state index in [1.807, 2.05) is 7.05 Å². The van der Waals surface area contributed by atoms with Gasteiger partial charge in [-0.2, -0.15) is 0 Å². The Labute approximate surface area is 115 Å². The molecule has 1 aliphatic carbocycles. The van der Waals surface area contributed by atoms with Crippen LogP contribution in [0.2, 0.25) is 0 Å². The SMILES string of the molecule is CN(C(=O)c1cc(Br)cnc1NN)C1CCCC1. The maximum atomic E-state index is 12.4. The lowest BCUT2D eigenvalue weighted by Crippen LogP contribution is -2.36. The third-order valence-corrected chi connectivity index (χ3v) is 3.85. The van der Waals surface area contributed by atoms with Gasteiger partial charge >= 0.3 is 0 Å². The molecular weight excluding hydrogens is 296 g/mol. The van der Waals surface area contributed by atoms with Gasteiger partial charge in [-0.3, -0.25) is 4.79 Å². The van der Waals surface area contributed by atoms with E-state index < -0.39 is 0 Å². The van der Waals surface area contributed by atoms with E-state index in [0.29, 0.717) is 17.4 Å². The number of hydrogen-bond acceptors (Lipinski definition) is 4. The first-order chi connectivity index (χ1) is 8.63. The second-order valence-corrected chi connectivity index (χ2v) is 5.46. The first-order valence-electron chi connectivity index (χ1n) is 6.03. The molecule has 0 aliphatic heterocycles. The van der Waals surface area contributed by atoms with E-state index in [9.17, 15) is 4.79 Å². The molecule has 0 aromatic carbocycles. The first-order valence-corrected chi connectivity index (χ1v) is 6.82. The highest BCUT2D eigenvalue weighted by molar-refractivity contribution is 9.10. The van der Waals surface area contributed by atoms with Crippen molar-refractivity contribution in [3.63, 3.8) is 0 Å². The summed E-state index contributed by atoms with van der Waals surface area (Å²) in [6.45, 7) is 0. The summed E-state index contributed by atoms with van der Waals surface area (Å²) in [5, 5.41) is 0. The number of amides is 1. The summed E-state index contributed by atoms with van der Waals surface area (Å²) in [7, 11) is 1.85. The fraction of sp³-hybridized carbons (Fsp3) is 0.500. The topological polar surface area (TPSA) is 71.2 Å². The van der Waals surface area contributed by atoms with Crippen molar-refractivity contribution < 1.29 is 4.79 Å². The van der Waals surface area contributed by atoms with Crippen molar-refractivity contribution in [2.75, 3.05) is 12.5 Å². The lowest BCUT2D eigenvalue weighted by Gasteiger charge is -2.25. The Bertz CT molecular complexity index is 446. The summed E-state index contributed by atoms with van der Waals surface area (Å²) in [5.41, 5.74) is 2.97. The number of aromatic nitrogens is 1. The minimum absolute atomic E-state index is 0.0383. The van der Waals surface area contributed by atoms with Gasteiger partial charge in [-0.05, 0) is 34.8 Å². The third kappa shape index (κ3) is 2.64. The molecule has 5 nitrogen and oxygen atoms in total. The summed E-state index contributed by atoms with van der Waals surface area (Å²) >= 11 is 3.32. The van der Waals surface area contributed by atoms with Crippen molar-refractivity contribution in [1.82, 2.24) is 9.88 Å². The van der Waals surface area contributed by atoms with Crippen LogP contribution < -0.4 is 11.3 Å². The van der Waals surface area contributed by atoms with Crippen LogP contribution in [-0.4, -0.2) is 28.9 Å². The number of nitrogens with one attached hydrogen (secondary N) is 1. The number of nitrogens with two attached hydrogens (primary N) is 1. The molecule has 0 atom stereocenters. The molecule has 0 saturated heterocycles. The van der Waals surface area contributed by atoms with Crippen molar-refractivity contribution in [2.24, 2.45) is 5.84 Å². The van der Waals surface area contributed by atoms with Crippen LogP contribution in [0.4, 0.5) is 5.82 Å². The van der Waals surface area contributed by atoms with Crippen LogP contribution in [0.1, 0.15) is 36.0 Å². The number of hydrazine groups is 1. The minimum Gasteiger partial charge on any atom is -0.339 e. The quantitative estimate of drug-likeness (QED) is 0.662. The predicted molar refractivity (Wildman–Crippen MR) is 74.1 cm³/mol. The van der Waals surface area contributed by atoms with Crippen LogP contribution in [0, 0.1) is 0 Å². The molecule has 3 N–H and O–H groups in total. The molecule has 1 heterocycles. The van der Waals surface area contributed by atoms with Gasteiger partial charge in [-0.25, -0.2) is 10.8 Å². The number of hydrogen-bond donors (Lipinski definition) is 2. The molecule has 1 saturated carbocycles. The van der Waals surface area contributed by atoms with Gasteiger partial charge in [0.05, 0.1) is 5.56 Å². The van der Waals surface area contributed by atoms with Crippen LogP contribution in [0.5, 0.6) is 0 Å². The zero-order valence-corrected chi connectivity index (χ0v) is 11.9. The second-order valence-electron chi connectivity index (χ2n) is 4.55. The number of halogens is 1. The third-order valence-electron chi connectivity index (χ3n) is 3.41. The predicted octanol–water partition coefficient (Wildman–Crippen LogP) is 2.14. The number of pyridine rings is 1. The molecular formula is C12H17BrN4O. The monoisotopic (exact) mass is 312 g/mol. The molecule has 98 valence electrons. The maximum Gasteiger partial charge on any atom is 0.257 e. The fourth-order valence-corrected chi connectivity index (χ4v) is 2.70. The number of nitrogens with zero attached hydrogens (tertiary/aromatic N) is 2. The molecule has 0 unspecified atom stereocenters. The summed E-state index contributed by atoms with van der Waals surface area (Å²) in [5.74, 6) is 5.77. The molecule has 2 rings (SSSR count). The van der Waals surface area contributed by atoms with E-state index in [1.54, 1.807) is 17.2 Å². The van der Waals surface area contributed by atoms with Crippen LogP contribution in [0.3, 0.4) is 0 Å². The molecule has 0 radical (unpaired) electrons. The van der Waals surface area contributed by atoms with Crippen molar-refractivity contribution in [2.45, 2.75) is 31.7 Å². The van der Waals surface area contributed by atoms with Crippen LogP contribution in [0.15, 0.2) is 16.7 Å².